The highest BCUT2D eigenvalue weighted by Gasteiger charge is 2.28. The lowest BCUT2D eigenvalue weighted by Crippen LogP contribution is -2.38. The number of anilines is 1. The molecule has 4 N–H and O–H groups in total. The van der Waals surface area contributed by atoms with Crippen LogP contribution in [-0.2, 0) is 0 Å². The Labute approximate surface area is 121 Å². The molecular weight excluding hydrogens is 272 g/mol. The Hall–Kier alpha value is -1.59. The molecule has 3 rings (SSSR count). The van der Waals surface area contributed by atoms with Crippen LogP contribution in [0.5, 0.6) is 0 Å². The van der Waals surface area contributed by atoms with Crippen molar-refractivity contribution in [2.75, 3.05) is 12.3 Å². The number of amides is 1. The predicted molar refractivity (Wildman–Crippen MR) is 81.9 cm³/mol. The van der Waals surface area contributed by atoms with Crippen molar-refractivity contribution in [3.05, 3.63) is 29.1 Å². The third-order valence-electron chi connectivity index (χ3n) is 3.97. The molecule has 106 valence electrons. The molecule has 1 saturated carbocycles. The number of aliphatic hydroxyl groups is 1. The molecule has 2 atom stereocenters. The van der Waals surface area contributed by atoms with Gasteiger partial charge in [0.15, 0.2) is 0 Å². The van der Waals surface area contributed by atoms with E-state index in [1.807, 2.05) is 24.3 Å². The number of nitrogens with two attached hydrogens (primary N) is 1. The van der Waals surface area contributed by atoms with Gasteiger partial charge in [-0.3, -0.25) is 4.79 Å². The third-order valence-corrected chi connectivity index (χ3v) is 5.09. The van der Waals surface area contributed by atoms with Crippen molar-refractivity contribution in [1.29, 1.82) is 0 Å². The summed E-state index contributed by atoms with van der Waals surface area (Å²) in [7, 11) is 0. The molecule has 1 aliphatic carbocycles. The summed E-state index contributed by atoms with van der Waals surface area (Å²) in [6.07, 6.45) is 3.01. The van der Waals surface area contributed by atoms with Crippen molar-refractivity contribution in [2.45, 2.75) is 25.3 Å². The summed E-state index contributed by atoms with van der Waals surface area (Å²) in [5, 5.41) is 13.4. The van der Waals surface area contributed by atoms with Gasteiger partial charge in [-0.25, -0.2) is 0 Å². The van der Waals surface area contributed by atoms with Crippen molar-refractivity contribution in [3.8, 4) is 0 Å². The topological polar surface area (TPSA) is 75.4 Å². The van der Waals surface area contributed by atoms with E-state index in [-0.39, 0.29) is 24.5 Å². The van der Waals surface area contributed by atoms with E-state index in [9.17, 15) is 9.90 Å². The van der Waals surface area contributed by atoms with E-state index in [0.29, 0.717) is 10.6 Å². The molecule has 5 heteroatoms. The number of rotatable bonds is 3. The van der Waals surface area contributed by atoms with Gasteiger partial charge < -0.3 is 16.2 Å². The van der Waals surface area contributed by atoms with E-state index in [1.165, 1.54) is 11.3 Å². The molecule has 1 aromatic heterocycles. The molecule has 0 spiro atoms. The Morgan fingerprint density at radius 3 is 3.05 bits per heavy atom. The number of aliphatic hydroxyl groups excluding tert-OH is 1. The minimum atomic E-state index is -0.0462. The van der Waals surface area contributed by atoms with Crippen LogP contribution in [0.2, 0.25) is 0 Å². The van der Waals surface area contributed by atoms with Crippen molar-refractivity contribution >= 4 is 33.0 Å². The lowest BCUT2D eigenvalue weighted by Gasteiger charge is -2.18. The average molecular weight is 290 g/mol. The molecule has 0 saturated heterocycles. The van der Waals surface area contributed by atoms with Gasteiger partial charge in [-0.1, -0.05) is 6.42 Å². The zero-order valence-corrected chi connectivity index (χ0v) is 12.0. The molecular formula is C15H18N2O2S. The van der Waals surface area contributed by atoms with Gasteiger partial charge in [-0.05, 0) is 42.5 Å². The molecule has 2 aromatic rings. The number of nitrogens with one attached hydrogen (secondary N) is 1. The lowest BCUT2D eigenvalue weighted by atomic mass is 10.1. The number of hydrogen-bond donors (Lipinski definition) is 3. The number of carbonyl (C=O) groups is 1. The number of benzene rings is 1. The molecule has 0 radical (unpaired) electrons. The van der Waals surface area contributed by atoms with Gasteiger partial charge in [0.1, 0.15) is 0 Å². The zero-order chi connectivity index (χ0) is 14.1. The van der Waals surface area contributed by atoms with Crippen LogP contribution in [0.3, 0.4) is 0 Å². The second-order valence-corrected chi connectivity index (χ2v) is 6.45. The average Bonchev–Trinajstić information content (AvgIpc) is 3.04. The first-order valence-corrected chi connectivity index (χ1v) is 7.70. The van der Waals surface area contributed by atoms with Crippen LogP contribution < -0.4 is 11.1 Å². The van der Waals surface area contributed by atoms with Crippen molar-refractivity contribution in [2.24, 2.45) is 5.92 Å². The van der Waals surface area contributed by atoms with E-state index < -0.39 is 0 Å². The van der Waals surface area contributed by atoms with Crippen molar-refractivity contribution < 1.29 is 9.90 Å². The molecule has 1 heterocycles. The first kappa shape index (κ1) is 13.4. The Bertz CT molecular complexity index is 638. The fourth-order valence-electron chi connectivity index (χ4n) is 2.86. The van der Waals surface area contributed by atoms with E-state index >= 15 is 0 Å². The van der Waals surface area contributed by atoms with Crippen LogP contribution in [-0.4, -0.2) is 23.7 Å². The van der Waals surface area contributed by atoms with Gasteiger partial charge in [-0.15, -0.1) is 11.3 Å². The van der Waals surface area contributed by atoms with Crippen LogP contribution in [0.25, 0.3) is 10.1 Å². The molecule has 1 fully saturated rings. The molecule has 2 unspecified atom stereocenters. The molecule has 20 heavy (non-hydrogen) atoms. The van der Waals surface area contributed by atoms with Crippen LogP contribution in [0, 0.1) is 5.92 Å². The second kappa shape index (κ2) is 5.42. The Morgan fingerprint density at radius 1 is 1.40 bits per heavy atom. The number of fused-ring (bicyclic) bond motifs is 1. The maximum Gasteiger partial charge on any atom is 0.261 e. The number of nitrogen functional groups attached to an aromatic ring is 1. The smallest absolute Gasteiger partial charge is 0.261 e. The minimum absolute atomic E-state index is 0.0462. The maximum absolute atomic E-state index is 12.3. The number of thiophene rings is 1. The molecule has 4 nitrogen and oxygen atoms in total. The summed E-state index contributed by atoms with van der Waals surface area (Å²) in [5.74, 6) is 0.152. The van der Waals surface area contributed by atoms with Gasteiger partial charge in [0.25, 0.3) is 5.91 Å². The van der Waals surface area contributed by atoms with E-state index in [0.717, 1.165) is 29.3 Å². The molecule has 1 aliphatic rings. The van der Waals surface area contributed by atoms with E-state index in [1.54, 1.807) is 0 Å². The van der Waals surface area contributed by atoms with Gasteiger partial charge >= 0.3 is 0 Å². The third kappa shape index (κ3) is 2.51. The standard InChI is InChI=1S/C15H18N2O2S/c16-11-4-5-13-10(6-11)7-14(20-13)15(19)17-12-3-1-2-9(12)8-18/h4-7,9,12,18H,1-3,8,16H2,(H,17,19). The van der Waals surface area contributed by atoms with Gasteiger partial charge in [-0.2, -0.15) is 0 Å². The van der Waals surface area contributed by atoms with E-state index in [4.69, 9.17) is 5.73 Å². The summed E-state index contributed by atoms with van der Waals surface area (Å²) >= 11 is 1.48. The largest absolute Gasteiger partial charge is 0.399 e. The highest BCUT2D eigenvalue weighted by Crippen LogP contribution is 2.29. The van der Waals surface area contributed by atoms with Crippen molar-refractivity contribution in [3.63, 3.8) is 0 Å². The fraction of sp³-hybridized carbons (Fsp3) is 0.400. The highest BCUT2D eigenvalue weighted by atomic mass is 32.1. The van der Waals surface area contributed by atoms with Gasteiger partial charge in [0, 0.05) is 29.0 Å². The van der Waals surface area contributed by atoms with Crippen LogP contribution >= 0.6 is 11.3 Å². The lowest BCUT2D eigenvalue weighted by molar-refractivity contribution is 0.0920. The van der Waals surface area contributed by atoms with Crippen LogP contribution in [0.1, 0.15) is 28.9 Å². The Balaban J connectivity index is 1.78. The normalized spacial score (nSPS) is 22.2. The first-order valence-electron chi connectivity index (χ1n) is 6.88. The molecule has 0 aliphatic heterocycles. The van der Waals surface area contributed by atoms with Crippen molar-refractivity contribution in [1.82, 2.24) is 5.32 Å². The predicted octanol–water partition coefficient (Wildman–Crippen LogP) is 2.37. The SMILES string of the molecule is Nc1ccc2sc(C(=O)NC3CCCC3CO)cc2c1. The monoisotopic (exact) mass is 290 g/mol. The number of carbonyl (C=O) groups excluding carboxylic acids is 1. The fourth-order valence-corrected chi connectivity index (χ4v) is 3.80. The Morgan fingerprint density at radius 2 is 2.25 bits per heavy atom. The quantitative estimate of drug-likeness (QED) is 0.760. The second-order valence-electron chi connectivity index (χ2n) is 5.36. The van der Waals surface area contributed by atoms with Crippen LogP contribution in [0.4, 0.5) is 5.69 Å². The molecule has 0 bridgehead atoms. The van der Waals surface area contributed by atoms with Gasteiger partial charge in [0.05, 0.1) is 4.88 Å². The summed E-state index contributed by atoms with van der Waals surface area (Å²) < 4.78 is 1.06. The van der Waals surface area contributed by atoms with Crippen LogP contribution in [0.15, 0.2) is 24.3 Å². The Kier molecular flexibility index (Phi) is 3.63. The summed E-state index contributed by atoms with van der Waals surface area (Å²) in [6.45, 7) is 0.147. The summed E-state index contributed by atoms with van der Waals surface area (Å²) in [4.78, 5) is 13.0. The summed E-state index contributed by atoms with van der Waals surface area (Å²) in [5.41, 5.74) is 6.46. The molecule has 1 aromatic carbocycles. The van der Waals surface area contributed by atoms with E-state index in [2.05, 4.69) is 5.32 Å². The maximum atomic E-state index is 12.3. The summed E-state index contributed by atoms with van der Waals surface area (Å²) in [6, 6.07) is 7.66. The zero-order valence-electron chi connectivity index (χ0n) is 11.1. The highest BCUT2D eigenvalue weighted by molar-refractivity contribution is 7.20. The molecule has 1 amide bonds. The van der Waals surface area contributed by atoms with Gasteiger partial charge in [0.2, 0.25) is 0 Å². The minimum Gasteiger partial charge on any atom is -0.399 e. The number of hydrogen-bond acceptors (Lipinski definition) is 4. The first-order chi connectivity index (χ1) is 9.67.